The Hall–Kier alpha value is -1.36. The van der Waals surface area contributed by atoms with Gasteiger partial charge in [-0.1, -0.05) is 20.8 Å². The van der Waals surface area contributed by atoms with Gasteiger partial charge in [0, 0.05) is 18.3 Å². The third kappa shape index (κ3) is 3.36. The highest BCUT2D eigenvalue weighted by molar-refractivity contribution is 5.82. The molecule has 4 N–H and O–H groups in total. The molecule has 0 aliphatic carbocycles. The van der Waals surface area contributed by atoms with E-state index in [-0.39, 0.29) is 11.3 Å². The van der Waals surface area contributed by atoms with Crippen molar-refractivity contribution in [2.75, 3.05) is 0 Å². The molecule has 0 bridgehead atoms. The Morgan fingerprint density at radius 2 is 2.33 bits per heavy atom. The van der Waals surface area contributed by atoms with Crippen LogP contribution >= 0.6 is 0 Å². The van der Waals surface area contributed by atoms with Gasteiger partial charge in [0.2, 0.25) is 5.91 Å². The Balaban J connectivity index is 2.43. The van der Waals surface area contributed by atoms with Gasteiger partial charge in [-0.05, 0) is 5.41 Å². The number of amides is 1. The van der Waals surface area contributed by atoms with Crippen LogP contribution in [0.3, 0.4) is 0 Å². The topological polar surface area (TPSA) is 83.8 Å². The standard InChI is InChI=1S/C10H18N4O/c1-10(2,3)8(11)9(15)12-4-7-5-13-14-6-7/h5-6,8H,4,11H2,1-3H3,(H,12,15)(H,13,14)/t8-/m1/s1. The van der Waals surface area contributed by atoms with Crippen molar-refractivity contribution in [1.29, 1.82) is 0 Å². The van der Waals surface area contributed by atoms with Crippen LogP contribution in [0.25, 0.3) is 0 Å². The van der Waals surface area contributed by atoms with Gasteiger partial charge < -0.3 is 11.1 Å². The first-order valence-corrected chi connectivity index (χ1v) is 4.92. The van der Waals surface area contributed by atoms with Crippen molar-refractivity contribution in [3.05, 3.63) is 18.0 Å². The molecule has 1 amide bonds. The van der Waals surface area contributed by atoms with Gasteiger partial charge >= 0.3 is 0 Å². The second-order valence-electron chi connectivity index (χ2n) is 4.67. The molecule has 5 nitrogen and oxygen atoms in total. The summed E-state index contributed by atoms with van der Waals surface area (Å²) in [5.41, 5.74) is 6.51. The molecule has 15 heavy (non-hydrogen) atoms. The van der Waals surface area contributed by atoms with E-state index in [4.69, 9.17) is 5.73 Å². The van der Waals surface area contributed by atoms with E-state index in [0.717, 1.165) is 5.56 Å². The first kappa shape index (κ1) is 11.7. The quantitative estimate of drug-likeness (QED) is 0.675. The van der Waals surface area contributed by atoms with E-state index >= 15 is 0 Å². The summed E-state index contributed by atoms with van der Waals surface area (Å²) >= 11 is 0. The average Bonchev–Trinajstić information content (AvgIpc) is 2.63. The van der Waals surface area contributed by atoms with E-state index in [1.165, 1.54) is 0 Å². The molecular weight excluding hydrogens is 192 g/mol. The van der Waals surface area contributed by atoms with Gasteiger partial charge in [-0.3, -0.25) is 9.89 Å². The lowest BCUT2D eigenvalue weighted by Crippen LogP contribution is -2.48. The highest BCUT2D eigenvalue weighted by Crippen LogP contribution is 2.17. The van der Waals surface area contributed by atoms with Gasteiger partial charge in [0.25, 0.3) is 0 Å². The van der Waals surface area contributed by atoms with Crippen LogP contribution < -0.4 is 11.1 Å². The minimum Gasteiger partial charge on any atom is -0.351 e. The number of hydrogen-bond acceptors (Lipinski definition) is 3. The highest BCUT2D eigenvalue weighted by atomic mass is 16.2. The molecule has 0 fully saturated rings. The van der Waals surface area contributed by atoms with E-state index in [1.54, 1.807) is 12.4 Å². The minimum absolute atomic E-state index is 0.135. The number of hydrogen-bond donors (Lipinski definition) is 3. The fourth-order valence-corrected chi connectivity index (χ4v) is 1.07. The van der Waals surface area contributed by atoms with Gasteiger partial charge in [0.05, 0.1) is 12.2 Å². The van der Waals surface area contributed by atoms with Crippen LogP contribution in [-0.2, 0) is 11.3 Å². The van der Waals surface area contributed by atoms with Crippen LogP contribution in [0.4, 0.5) is 0 Å². The van der Waals surface area contributed by atoms with E-state index in [1.807, 2.05) is 20.8 Å². The second-order valence-corrected chi connectivity index (χ2v) is 4.67. The molecule has 0 radical (unpaired) electrons. The zero-order valence-corrected chi connectivity index (χ0v) is 9.37. The largest absolute Gasteiger partial charge is 0.351 e. The van der Waals surface area contributed by atoms with E-state index < -0.39 is 6.04 Å². The summed E-state index contributed by atoms with van der Waals surface area (Å²) in [7, 11) is 0. The summed E-state index contributed by atoms with van der Waals surface area (Å²) in [5.74, 6) is -0.135. The summed E-state index contributed by atoms with van der Waals surface area (Å²) < 4.78 is 0. The Kier molecular flexibility index (Phi) is 3.47. The first-order valence-electron chi connectivity index (χ1n) is 4.92. The summed E-state index contributed by atoms with van der Waals surface area (Å²) in [6.45, 7) is 6.28. The Morgan fingerprint density at radius 3 is 2.80 bits per heavy atom. The van der Waals surface area contributed by atoms with Crippen LogP contribution in [-0.4, -0.2) is 22.1 Å². The fraction of sp³-hybridized carbons (Fsp3) is 0.600. The average molecular weight is 210 g/mol. The number of aromatic amines is 1. The van der Waals surface area contributed by atoms with Crippen LogP contribution in [0.15, 0.2) is 12.4 Å². The van der Waals surface area contributed by atoms with Gasteiger partial charge in [-0.15, -0.1) is 0 Å². The fourth-order valence-electron chi connectivity index (χ4n) is 1.07. The summed E-state index contributed by atoms with van der Waals surface area (Å²) in [5, 5.41) is 9.23. The van der Waals surface area contributed by atoms with Crippen molar-refractivity contribution >= 4 is 5.91 Å². The Labute approximate surface area is 89.4 Å². The number of nitrogens with zero attached hydrogens (tertiary/aromatic N) is 1. The number of rotatable bonds is 3. The van der Waals surface area contributed by atoms with Crippen molar-refractivity contribution < 1.29 is 4.79 Å². The molecule has 0 saturated carbocycles. The molecule has 0 saturated heterocycles. The van der Waals surface area contributed by atoms with E-state index in [2.05, 4.69) is 15.5 Å². The summed E-state index contributed by atoms with van der Waals surface area (Å²) in [6, 6.07) is -0.496. The molecular formula is C10H18N4O. The Morgan fingerprint density at radius 1 is 1.67 bits per heavy atom. The molecule has 0 aromatic carbocycles. The zero-order chi connectivity index (χ0) is 11.5. The number of carbonyl (C=O) groups is 1. The lowest BCUT2D eigenvalue weighted by atomic mass is 9.87. The van der Waals surface area contributed by atoms with Crippen molar-refractivity contribution in [2.45, 2.75) is 33.4 Å². The summed E-state index contributed by atoms with van der Waals surface area (Å²) in [4.78, 5) is 11.6. The molecule has 1 aromatic heterocycles. The molecule has 0 aliphatic rings. The zero-order valence-electron chi connectivity index (χ0n) is 9.37. The molecule has 0 spiro atoms. The van der Waals surface area contributed by atoms with Crippen molar-refractivity contribution in [3.8, 4) is 0 Å². The SMILES string of the molecule is CC(C)(C)[C@H](N)C(=O)NCc1cn[nH]c1. The number of aromatic nitrogens is 2. The number of nitrogens with one attached hydrogen (secondary N) is 2. The minimum atomic E-state index is -0.496. The predicted molar refractivity (Wildman–Crippen MR) is 57.9 cm³/mol. The number of nitrogens with two attached hydrogens (primary N) is 1. The van der Waals surface area contributed by atoms with Crippen molar-refractivity contribution in [1.82, 2.24) is 15.5 Å². The maximum atomic E-state index is 11.6. The predicted octanol–water partition coefficient (Wildman–Crippen LogP) is 0.399. The number of H-pyrrole nitrogens is 1. The van der Waals surface area contributed by atoms with Gasteiger partial charge in [-0.2, -0.15) is 5.10 Å². The third-order valence-electron chi connectivity index (χ3n) is 2.24. The van der Waals surface area contributed by atoms with Crippen LogP contribution in [0.1, 0.15) is 26.3 Å². The smallest absolute Gasteiger partial charge is 0.237 e. The molecule has 1 heterocycles. The monoisotopic (exact) mass is 210 g/mol. The first-order chi connectivity index (χ1) is 6.91. The second kappa shape index (κ2) is 4.44. The van der Waals surface area contributed by atoms with Crippen LogP contribution in [0.2, 0.25) is 0 Å². The molecule has 1 aromatic rings. The van der Waals surface area contributed by atoms with Gasteiger partial charge in [0.15, 0.2) is 0 Å². The van der Waals surface area contributed by atoms with Crippen molar-refractivity contribution in [2.24, 2.45) is 11.1 Å². The molecule has 84 valence electrons. The number of carbonyl (C=O) groups excluding carboxylic acids is 1. The third-order valence-corrected chi connectivity index (χ3v) is 2.24. The van der Waals surface area contributed by atoms with Crippen LogP contribution in [0.5, 0.6) is 0 Å². The molecule has 0 unspecified atom stereocenters. The normalized spacial score (nSPS) is 13.6. The van der Waals surface area contributed by atoms with Crippen LogP contribution in [0, 0.1) is 5.41 Å². The lowest BCUT2D eigenvalue weighted by Gasteiger charge is -2.25. The lowest BCUT2D eigenvalue weighted by molar-refractivity contribution is -0.124. The molecule has 5 heteroatoms. The molecule has 1 rings (SSSR count). The molecule has 0 aliphatic heterocycles. The Bertz CT molecular complexity index is 313. The van der Waals surface area contributed by atoms with E-state index in [9.17, 15) is 4.79 Å². The van der Waals surface area contributed by atoms with Gasteiger partial charge in [0.1, 0.15) is 0 Å². The van der Waals surface area contributed by atoms with Gasteiger partial charge in [-0.25, -0.2) is 0 Å². The van der Waals surface area contributed by atoms with E-state index in [0.29, 0.717) is 6.54 Å². The maximum absolute atomic E-state index is 11.6. The summed E-state index contributed by atoms with van der Waals surface area (Å²) in [6.07, 6.45) is 3.41. The maximum Gasteiger partial charge on any atom is 0.237 e. The highest BCUT2D eigenvalue weighted by Gasteiger charge is 2.26. The van der Waals surface area contributed by atoms with Crippen molar-refractivity contribution in [3.63, 3.8) is 0 Å². The molecule has 1 atom stereocenters.